The van der Waals surface area contributed by atoms with E-state index in [1.54, 1.807) is 6.07 Å². The molecule has 4 heterocycles. The molecule has 2 saturated heterocycles. The highest BCUT2D eigenvalue weighted by Crippen LogP contribution is 2.37. The molecule has 2 aliphatic heterocycles. The average molecular weight is 342 g/mol. The van der Waals surface area contributed by atoms with Gasteiger partial charge in [0.25, 0.3) is 0 Å². The van der Waals surface area contributed by atoms with Crippen molar-refractivity contribution < 1.29 is 13.2 Å². The van der Waals surface area contributed by atoms with Gasteiger partial charge in [-0.3, -0.25) is 0 Å². The van der Waals surface area contributed by atoms with Crippen LogP contribution in [0.3, 0.4) is 0 Å². The normalized spacial score (nSPS) is 25.1. The Morgan fingerprint density at radius 1 is 1.26 bits per heavy atom. The van der Waals surface area contributed by atoms with Gasteiger partial charge in [0, 0.05) is 18.0 Å². The van der Waals surface area contributed by atoms with Gasteiger partial charge in [-0.1, -0.05) is 0 Å². The lowest BCUT2D eigenvalue weighted by atomic mass is 9.90. The van der Waals surface area contributed by atoms with Crippen LogP contribution in [0, 0.1) is 11.8 Å². The Labute approximate surface area is 135 Å². The Bertz CT molecular complexity index is 700. The highest BCUT2D eigenvalue weighted by molar-refractivity contribution is 7.18. The van der Waals surface area contributed by atoms with Crippen LogP contribution in [0.1, 0.15) is 11.3 Å². The third kappa shape index (κ3) is 3.01. The van der Waals surface area contributed by atoms with Crippen molar-refractivity contribution in [3.63, 3.8) is 0 Å². The Morgan fingerprint density at radius 2 is 2.09 bits per heavy atom. The predicted octanol–water partition coefficient (Wildman–Crippen LogP) is 2.84. The summed E-state index contributed by atoms with van der Waals surface area (Å²) >= 11 is 1.11. The van der Waals surface area contributed by atoms with Crippen LogP contribution in [-0.4, -0.2) is 42.3 Å². The number of halogens is 3. The molecule has 2 fully saturated rings. The predicted molar refractivity (Wildman–Crippen MR) is 83.9 cm³/mol. The van der Waals surface area contributed by atoms with E-state index < -0.39 is 12.6 Å². The number of aromatic nitrogens is 2. The largest absolute Gasteiger partial charge is 0.393 e. The van der Waals surface area contributed by atoms with E-state index in [1.165, 1.54) is 6.33 Å². The first-order valence-electron chi connectivity index (χ1n) is 7.75. The quantitative estimate of drug-likeness (QED) is 0.911. The molecule has 8 heteroatoms. The molecule has 2 atom stereocenters. The Kier molecular flexibility index (Phi) is 3.68. The second-order valence-electron chi connectivity index (χ2n) is 6.34. The molecule has 0 bridgehead atoms. The van der Waals surface area contributed by atoms with Gasteiger partial charge in [-0.05, 0) is 37.4 Å². The summed E-state index contributed by atoms with van der Waals surface area (Å²) < 4.78 is 37.9. The molecule has 4 nitrogen and oxygen atoms in total. The number of fused-ring (bicyclic) bond motifs is 2. The minimum absolute atomic E-state index is 0.299. The van der Waals surface area contributed by atoms with E-state index in [0.29, 0.717) is 21.5 Å². The van der Waals surface area contributed by atoms with Crippen LogP contribution < -0.4 is 10.2 Å². The summed E-state index contributed by atoms with van der Waals surface area (Å²) in [5, 5.41) is 4.17. The summed E-state index contributed by atoms with van der Waals surface area (Å²) in [6, 6.07) is 1.61. The van der Waals surface area contributed by atoms with E-state index in [2.05, 4.69) is 20.2 Å². The van der Waals surface area contributed by atoms with Crippen LogP contribution in [0.15, 0.2) is 12.4 Å². The number of alkyl halides is 3. The molecule has 0 aliphatic carbocycles. The summed E-state index contributed by atoms with van der Waals surface area (Å²) in [6.07, 6.45) is -2.48. The number of hydrogen-bond donors (Lipinski definition) is 1. The van der Waals surface area contributed by atoms with Crippen molar-refractivity contribution in [2.24, 2.45) is 11.8 Å². The summed E-state index contributed by atoms with van der Waals surface area (Å²) in [7, 11) is 0. The lowest BCUT2D eigenvalue weighted by Crippen LogP contribution is -2.35. The Morgan fingerprint density at radius 3 is 2.87 bits per heavy atom. The minimum atomic E-state index is -4.19. The first-order chi connectivity index (χ1) is 11.0. The van der Waals surface area contributed by atoms with Crippen LogP contribution in [-0.2, 0) is 6.42 Å². The maximum absolute atomic E-state index is 12.6. The number of hydrogen-bond acceptors (Lipinski definition) is 5. The van der Waals surface area contributed by atoms with E-state index in [1.807, 2.05) is 0 Å². The van der Waals surface area contributed by atoms with Gasteiger partial charge in [0.05, 0.1) is 11.8 Å². The van der Waals surface area contributed by atoms with Gasteiger partial charge < -0.3 is 10.2 Å². The fourth-order valence-corrected chi connectivity index (χ4v) is 4.70. The van der Waals surface area contributed by atoms with Gasteiger partial charge in [-0.15, -0.1) is 11.3 Å². The summed E-state index contributed by atoms with van der Waals surface area (Å²) in [5.74, 6) is 2.03. The molecule has 1 N–H and O–H groups in total. The number of piperidine rings is 1. The molecule has 4 rings (SSSR count). The summed E-state index contributed by atoms with van der Waals surface area (Å²) in [4.78, 5) is 11.7. The molecule has 2 aliphatic rings. The average Bonchev–Trinajstić information content (AvgIpc) is 3.07. The first-order valence-corrected chi connectivity index (χ1v) is 8.57. The van der Waals surface area contributed by atoms with Gasteiger partial charge in [-0.2, -0.15) is 13.2 Å². The molecule has 0 saturated carbocycles. The molecule has 0 unspecified atom stereocenters. The molecule has 0 amide bonds. The number of anilines is 1. The zero-order valence-electron chi connectivity index (χ0n) is 12.4. The number of nitrogens with one attached hydrogen (secondary N) is 1. The lowest BCUT2D eigenvalue weighted by molar-refractivity contribution is -0.126. The summed E-state index contributed by atoms with van der Waals surface area (Å²) in [5.41, 5.74) is 0. The molecule has 124 valence electrons. The van der Waals surface area contributed by atoms with Gasteiger partial charge >= 0.3 is 6.18 Å². The molecule has 23 heavy (non-hydrogen) atoms. The van der Waals surface area contributed by atoms with Gasteiger partial charge in [0.15, 0.2) is 0 Å². The highest BCUT2D eigenvalue weighted by Gasteiger charge is 2.36. The van der Waals surface area contributed by atoms with E-state index >= 15 is 0 Å². The van der Waals surface area contributed by atoms with Crippen molar-refractivity contribution >= 4 is 27.4 Å². The molecule has 0 spiro atoms. The second-order valence-corrected chi connectivity index (χ2v) is 7.45. The molecule has 2 aromatic rings. The minimum Gasteiger partial charge on any atom is -0.355 e. The van der Waals surface area contributed by atoms with Crippen LogP contribution in [0.2, 0.25) is 0 Å². The third-order valence-electron chi connectivity index (χ3n) is 4.71. The van der Waals surface area contributed by atoms with Gasteiger partial charge in [0.2, 0.25) is 0 Å². The molecule has 2 aromatic heterocycles. The van der Waals surface area contributed by atoms with Crippen LogP contribution in [0.4, 0.5) is 19.0 Å². The molecule has 0 radical (unpaired) electrons. The van der Waals surface area contributed by atoms with Crippen molar-refractivity contribution in [1.82, 2.24) is 15.3 Å². The van der Waals surface area contributed by atoms with E-state index in [0.717, 1.165) is 55.1 Å². The van der Waals surface area contributed by atoms with Crippen molar-refractivity contribution in [2.75, 3.05) is 31.1 Å². The van der Waals surface area contributed by atoms with Crippen LogP contribution in [0.5, 0.6) is 0 Å². The van der Waals surface area contributed by atoms with Crippen LogP contribution >= 0.6 is 11.3 Å². The fraction of sp³-hybridized carbons (Fsp3) is 0.600. The molecular formula is C15H17F3N4S. The third-order valence-corrected chi connectivity index (χ3v) is 5.75. The van der Waals surface area contributed by atoms with Crippen molar-refractivity contribution in [3.05, 3.63) is 17.3 Å². The molecular weight excluding hydrogens is 325 g/mol. The fourth-order valence-electron chi connectivity index (χ4n) is 3.67. The smallest absolute Gasteiger partial charge is 0.355 e. The van der Waals surface area contributed by atoms with E-state index in [9.17, 15) is 13.2 Å². The van der Waals surface area contributed by atoms with Gasteiger partial charge in [0.1, 0.15) is 17.0 Å². The zero-order valence-corrected chi connectivity index (χ0v) is 13.3. The molecule has 0 aromatic carbocycles. The zero-order chi connectivity index (χ0) is 16.0. The van der Waals surface area contributed by atoms with Crippen molar-refractivity contribution in [3.8, 4) is 0 Å². The van der Waals surface area contributed by atoms with E-state index in [-0.39, 0.29) is 0 Å². The van der Waals surface area contributed by atoms with Crippen LogP contribution in [0.25, 0.3) is 10.2 Å². The number of thiophene rings is 1. The maximum Gasteiger partial charge on any atom is 0.393 e. The number of nitrogens with zero attached hydrogens (tertiary/aromatic N) is 3. The van der Waals surface area contributed by atoms with Crippen molar-refractivity contribution in [1.29, 1.82) is 0 Å². The topological polar surface area (TPSA) is 41.0 Å². The maximum atomic E-state index is 12.6. The standard InChI is InChI=1S/C15H17F3N4S/c16-15(17,18)4-11-3-12-13(20-8-21-14(12)23-11)22-6-9-1-2-19-5-10(9)7-22/h3,8-10,19H,1-2,4-7H2/t9-,10+/m0/s1. The number of rotatable bonds is 2. The highest BCUT2D eigenvalue weighted by atomic mass is 32.1. The van der Waals surface area contributed by atoms with Crippen molar-refractivity contribution in [2.45, 2.75) is 19.0 Å². The summed E-state index contributed by atoms with van der Waals surface area (Å²) in [6.45, 7) is 3.90. The lowest BCUT2D eigenvalue weighted by Gasteiger charge is -2.23. The van der Waals surface area contributed by atoms with Gasteiger partial charge in [-0.25, -0.2) is 9.97 Å². The Hall–Kier alpha value is -1.41. The Balaban J connectivity index is 1.65. The SMILES string of the molecule is FC(F)(F)Cc1cc2c(N3C[C@H]4CNCC[C@H]4C3)ncnc2s1. The first kappa shape index (κ1) is 15.1. The monoisotopic (exact) mass is 342 g/mol. The second kappa shape index (κ2) is 5.59. The van der Waals surface area contributed by atoms with E-state index in [4.69, 9.17) is 0 Å².